The van der Waals surface area contributed by atoms with Gasteiger partial charge in [-0.3, -0.25) is 24.1 Å². The standard InChI is InChI=1S/C27H26N2O5/c1-2-17-7-9-19(10-8-17)28-16-18(15-24(28)30)27(33)34-21-13-11-20(12-14-21)29-25(31)22-5-3-4-6-23(22)26(29)32/h3-4,7-14,18,22-23H,2,5-6,15-16H2,1H3/t18-,22+,23+/m1/s1. The van der Waals surface area contributed by atoms with Crippen LogP contribution in [0.5, 0.6) is 5.75 Å². The highest BCUT2D eigenvalue weighted by Crippen LogP contribution is 2.38. The number of hydrogen-bond donors (Lipinski definition) is 0. The first-order valence-corrected chi connectivity index (χ1v) is 11.7. The number of fused-ring (bicyclic) bond motifs is 1. The number of benzene rings is 2. The van der Waals surface area contributed by atoms with E-state index in [0.29, 0.717) is 24.3 Å². The Bertz CT molecular complexity index is 1140. The van der Waals surface area contributed by atoms with Gasteiger partial charge in [0.1, 0.15) is 5.75 Å². The Labute approximate surface area is 198 Å². The summed E-state index contributed by atoms with van der Waals surface area (Å²) in [6, 6.07) is 14.1. The molecular weight excluding hydrogens is 432 g/mol. The highest BCUT2D eigenvalue weighted by molar-refractivity contribution is 6.22. The van der Waals surface area contributed by atoms with Gasteiger partial charge in [0.2, 0.25) is 17.7 Å². The SMILES string of the molecule is CCc1ccc(N2C[C@H](C(=O)Oc3ccc(N4C(=O)[C@H]5CC=CC[C@@H]5C4=O)cc3)CC2=O)cc1. The summed E-state index contributed by atoms with van der Waals surface area (Å²) < 4.78 is 5.52. The largest absolute Gasteiger partial charge is 0.426 e. The fourth-order valence-corrected chi connectivity index (χ4v) is 4.94. The van der Waals surface area contributed by atoms with E-state index in [1.807, 2.05) is 36.4 Å². The first kappa shape index (κ1) is 22.1. The van der Waals surface area contributed by atoms with Gasteiger partial charge in [-0.25, -0.2) is 0 Å². The molecule has 7 heteroatoms. The van der Waals surface area contributed by atoms with Crippen molar-refractivity contribution in [2.24, 2.45) is 17.8 Å². The lowest BCUT2D eigenvalue weighted by Gasteiger charge is -2.17. The smallest absolute Gasteiger partial charge is 0.316 e. The van der Waals surface area contributed by atoms with Crippen LogP contribution in [0.3, 0.4) is 0 Å². The summed E-state index contributed by atoms with van der Waals surface area (Å²) in [5, 5.41) is 0. The van der Waals surface area contributed by atoms with Crippen LogP contribution in [0, 0.1) is 17.8 Å². The van der Waals surface area contributed by atoms with Crippen LogP contribution < -0.4 is 14.5 Å². The molecule has 2 aromatic rings. The summed E-state index contributed by atoms with van der Waals surface area (Å²) in [5.74, 6) is -1.78. The number of esters is 1. The van der Waals surface area contributed by atoms with Crippen LogP contribution in [0.4, 0.5) is 11.4 Å². The lowest BCUT2D eigenvalue weighted by molar-refractivity contribution is -0.139. The molecule has 174 valence electrons. The van der Waals surface area contributed by atoms with E-state index in [2.05, 4.69) is 6.92 Å². The number of rotatable bonds is 5. The average molecular weight is 459 g/mol. The number of anilines is 2. The third-order valence-electron chi connectivity index (χ3n) is 6.94. The molecule has 1 aliphatic carbocycles. The monoisotopic (exact) mass is 458 g/mol. The second-order valence-corrected chi connectivity index (χ2v) is 9.01. The van der Waals surface area contributed by atoms with Gasteiger partial charge in [0, 0.05) is 18.7 Å². The van der Waals surface area contributed by atoms with Crippen molar-refractivity contribution in [2.45, 2.75) is 32.6 Å². The predicted molar refractivity (Wildman–Crippen MR) is 126 cm³/mol. The Hall–Kier alpha value is -3.74. The van der Waals surface area contributed by atoms with Crippen LogP contribution in [-0.4, -0.2) is 30.2 Å². The maximum Gasteiger partial charge on any atom is 0.316 e. The lowest BCUT2D eigenvalue weighted by Crippen LogP contribution is -2.30. The van der Waals surface area contributed by atoms with Crippen molar-refractivity contribution in [1.82, 2.24) is 0 Å². The van der Waals surface area contributed by atoms with Gasteiger partial charge < -0.3 is 9.64 Å². The van der Waals surface area contributed by atoms with Gasteiger partial charge in [-0.15, -0.1) is 0 Å². The Morgan fingerprint density at radius 3 is 2.06 bits per heavy atom. The predicted octanol–water partition coefficient (Wildman–Crippen LogP) is 3.66. The maximum atomic E-state index is 12.8. The average Bonchev–Trinajstić information content (AvgIpc) is 3.37. The van der Waals surface area contributed by atoms with Crippen molar-refractivity contribution < 1.29 is 23.9 Å². The summed E-state index contributed by atoms with van der Waals surface area (Å²) in [4.78, 5) is 53.6. The number of nitrogens with zero attached hydrogens (tertiary/aromatic N) is 2. The Balaban J connectivity index is 1.23. The number of carbonyl (C=O) groups is 4. The van der Waals surface area contributed by atoms with Crippen molar-refractivity contribution in [3.05, 3.63) is 66.2 Å². The quantitative estimate of drug-likeness (QED) is 0.296. The zero-order chi connectivity index (χ0) is 23.8. The molecule has 3 atom stereocenters. The molecule has 2 fully saturated rings. The molecule has 2 aliphatic heterocycles. The number of amides is 3. The van der Waals surface area contributed by atoms with E-state index < -0.39 is 11.9 Å². The molecule has 2 heterocycles. The van der Waals surface area contributed by atoms with Crippen LogP contribution in [0.1, 0.15) is 31.7 Å². The first-order valence-electron chi connectivity index (χ1n) is 11.7. The van der Waals surface area contributed by atoms with Gasteiger partial charge in [-0.1, -0.05) is 31.2 Å². The summed E-state index contributed by atoms with van der Waals surface area (Å²) in [5.41, 5.74) is 2.43. The lowest BCUT2D eigenvalue weighted by atomic mass is 9.85. The van der Waals surface area contributed by atoms with Crippen LogP contribution in [-0.2, 0) is 25.6 Å². The van der Waals surface area contributed by atoms with E-state index in [-0.39, 0.29) is 42.5 Å². The number of allylic oxidation sites excluding steroid dienone is 2. The molecule has 0 saturated carbocycles. The molecule has 2 aromatic carbocycles. The highest BCUT2D eigenvalue weighted by Gasteiger charge is 2.47. The molecule has 3 amide bonds. The van der Waals surface area contributed by atoms with Crippen molar-refractivity contribution in [2.75, 3.05) is 16.3 Å². The second kappa shape index (κ2) is 8.89. The Morgan fingerprint density at radius 2 is 1.47 bits per heavy atom. The topological polar surface area (TPSA) is 84.0 Å². The second-order valence-electron chi connectivity index (χ2n) is 9.01. The van der Waals surface area contributed by atoms with E-state index >= 15 is 0 Å². The molecule has 5 rings (SSSR count). The minimum absolute atomic E-state index is 0.0973. The molecule has 3 aliphatic rings. The molecule has 0 spiro atoms. The van der Waals surface area contributed by atoms with Crippen LogP contribution in [0.25, 0.3) is 0 Å². The summed E-state index contributed by atoms with van der Waals surface area (Å²) >= 11 is 0. The molecule has 0 unspecified atom stereocenters. The summed E-state index contributed by atoms with van der Waals surface area (Å²) in [7, 11) is 0. The molecule has 34 heavy (non-hydrogen) atoms. The molecule has 0 N–H and O–H groups in total. The van der Waals surface area contributed by atoms with Crippen molar-refractivity contribution >= 4 is 35.1 Å². The van der Waals surface area contributed by atoms with Gasteiger partial charge >= 0.3 is 5.97 Å². The van der Waals surface area contributed by atoms with Crippen LogP contribution >= 0.6 is 0 Å². The van der Waals surface area contributed by atoms with Crippen molar-refractivity contribution in [3.8, 4) is 5.75 Å². The molecule has 0 bridgehead atoms. The number of aryl methyl sites for hydroxylation is 1. The summed E-state index contributed by atoms with van der Waals surface area (Å²) in [6.07, 6.45) is 6.09. The Morgan fingerprint density at radius 1 is 0.882 bits per heavy atom. The minimum atomic E-state index is -0.560. The summed E-state index contributed by atoms with van der Waals surface area (Å²) in [6.45, 7) is 2.34. The van der Waals surface area contributed by atoms with Crippen LogP contribution in [0.2, 0.25) is 0 Å². The van der Waals surface area contributed by atoms with E-state index in [4.69, 9.17) is 4.74 Å². The molecule has 7 nitrogen and oxygen atoms in total. The fraction of sp³-hybridized carbons (Fsp3) is 0.333. The maximum absolute atomic E-state index is 12.8. The van der Waals surface area contributed by atoms with E-state index in [9.17, 15) is 19.2 Å². The van der Waals surface area contributed by atoms with E-state index in [0.717, 1.165) is 12.1 Å². The van der Waals surface area contributed by atoms with Crippen molar-refractivity contribution in [3.63, 3.8) is 0 Å². The van der Waals surface area contributed by atoms with E-state index in [1.54, 1.807) is 29.2 Å². The van der Waals surface area contributed by atoms with Gasteiger partial charge in [-0.05, 0) is 61.2 Å². The zero-order valence-electron chi connectivity index (χ0n) is 19.0. The van der Waals surface area contributed by atoms with Gasteiger partial charge in [0.25, 0.3) is 0 Å². The zero-order valence-corrected chi connectivity index (χ0v) is 19.0. The number of hydrogen-bond acceptors (Lipinski definition) is 5. The Kier molecular flexibility index (Phi) is 5.77. The number of ether oxygens (including phenoxy) is 1. The van der Waals surface area contributed by atoms with E-state index in [1.165, 1.54) is 10.5 Å². The molecular formula is C27H26N2O5. The third-order valence-corrected chi connectivity index (χ3v) is 6.94. The van der Waals surface area contributed by atoms with Gasteiger partial charge in [0.05, 0.1) is 23.4 Å². The minimum Gasteiger partial charge on any atom is -0.426 e. The highest BCUT2D eigenvalue weighted by atomic mass is 16.5. The van der Waals surface area contributed by atoms with Gasteiger partial charge in [-0.2, -0.15) is 0 Å². The number of carbonyl (C=O) groups excluding carboxylic acids is 4. The van der Waals surface area contributed by atoms with Crippen LogP contribution in [0.15, 0.2) is 60.7 Å². The van der Waals surface area contributed by atoms with Crippen molar-refractivity contribution in [1.29, 1.82) is 0 Å². The number of imide groups is 1. The first-order chi connectivity index (χ1) is 16.5. The fourth-order valence-electron chi connectivity index (χ4n) is 4.94. The third kappa shape index (κ3) is 3.91. The normalized spacial score (nSPS) is 24.0. The molecule has 0 aromatic heterocycles. The molecule has 2 saturated heterocycles. The van der Waals surface area contributed by atoms with Gasteiger partial charge in [0.15, 0.2) is 0 Å². The molecule has 0 radical (unpaired) electrons.